The summed E-state index contributed by atoms with van der Waals surface area (Å²) in [5, 5.41) is 0. The number of anilines is 3. The van der Waals surface area contributed by atoms with E-state index in [2.05, 4.69) is 218 Å². The Hall–Kier alpha value is -6.64. The molecule has 52 heavy (non-hydrogen) atoms. The van der Waals surface area contributed by atoms with Gasteiger partial charge >= 0.3 is 0 Å². The van der Waals surface area contributed by atoms with Gasteiger partial charge in [-0.05, 0) is 100 Å². The van der Waals surface area contributed by atoms with Crippen molar-refractivity contribution in [1.82, 2.24) is 0 Å². The van der Waals surface area contributed by atoms with Crippen LogP contribution in [0.3, 0.4) is 0 Å². The normalized spacial score (nSPS) is 12.6. The number of fused-ring (bicyclic) bond motifs is 2. The van der Waals surface area contributed by atoms with E-state index >= 15 is 0 Å². The lowest BCUT2D eigenvalue weighted by Crippen LogP contribution is -2.34. The fourth-order valence-corrected chi connectivity index (χ4v) is 7.84. The molecule has 2 heteroatoms. The molecule has 9 rings (SSSR count). The molecule has 1 aliphatic heterocycles. The van der Waals surface area contributed by atoms with Gasteiger partial charge in [-0.3, -0.25) is 0 Å². The van der Waals surface area contributed by atoms with Crippen molar-refractivity contribution in [2.24, 2.45) is 0 Å². The highest BCUT2D eigenvalue weighted by Crippen LogP contribution is 2.55. The lowest BCUT2D eigenvalue weighted by molar-refractivity contribution is 0.434. The van der Waals surface area contributed by atoms with Crippen LogP contribution >= 0.6 is 0 Å². The number of aryl methyl sites for hydroxylation is 1. The molecule has 0 aromatic heterocycles. The first kappa shape index (κ1) is 31.3. The van der Waals surface area contributed by atoms with Gasteiger partial charge < -0.3 is 9.64 Å². The topological polar surface area (TPSA) is 12.5 Å². The van der Waals surface area contributed by atoms with Gasteiger partial charge in [0.1, 0.15) is 11.5 Å². The van der Waals surface area contributed by atoms with Gasteiger partial charge in [0.2, 0.25) is 0 Å². The molecule has 1 aliphatic rings. The molecule has 0 bridgehead atoms. The Morgan fingerprint density at radius 2 is 0.865 bits per heavy atom. The summed E-state index contributed by atoms with van der Waals surface area (Å²) in [6.45, 7) is 2.15. The molecule has 0 saturated carbocycles. The highest BCUT2D eigenvalue weighted by atomic mass is 16.5. The molecule has 0 spiro atoms. The fourth-order valence-electron chi connectivity index (χ4n) is 7.84. The number of hydrogen-bond acceptors (Lipinski definition) is 2. The summed E-state index contributed by atoms with van der Waals surface area (Å²) >= 11 is 0. The van der Waals surface area contributed by atoms with Crippen molar-refractivity contribution in [1.29, 1.82) is 0 Å². The van der Waals surface area contributed by atoms with Crippen molar-refractivity contribution < 1.29 is 4.74 Å². The number of ether oxygens (including phenoxy) is 1. The third-order valence-electron chi connectivity index (χ3n) is 10.3. The molecule has 0 atom stereocenters. The molecule has 0 N–H and O–H groups in total. The van der Waals surface area contributed by atoms with E-state index < -0.39 is 5.41 Å². The number of benzene rings is 8. The Morgan fingerprint density at radius 1 is 0.365 bits per heavy atom. The molecule has 1 heterocycles. The summed E-state index contributed by atoms with van der Waals surface area (Å²) in [5.74, 6) is 1.75. The van der Waals surface area contributed by atoms with Crippen LogP contribution in [0.5, 0.6) is 11.5 Å². The van der Waals surface area contributed by atoms with E-state index in [1.165, 1.54) is 27.8 Å². The zero-order chi connectivity index (χ0) is 34.9. The fraction of sp³-hybridized carbons (Fsp3) is 0.0400. The van der Waals surface area contributed by atoms with Gasteiger partial charge in [0, 0.05) is 28.2 Å². The first-order valence-corrected chi connectivity index (χ1v) is 17.8. The second kappa shape index (κ2) is 13.2. The van der Waals surface area contributed by atoms with Crippen LogP contribution < -0.4 is 9.64 Å². The van der Waals surface area contributed by atoms with Gasteiger partial charge in [0.25, 0.3) is 0 Å². The average Bonchev–Trinajstić information content (AvgIpc) is 3.21. The molecule has 0 unspecified atom stereocenters. The molecule has 0 fully saturated rings. The average molecular weight is 668 g/mol. The predicted molar refractivity (Wildman–Crippen MR) is 215 cm³/mol. The third-order valence-corrected chi connectivity index (χ3v) is 10.3. The van der Waals surface area contributed by atoms with E-state index in [1.54, 1.807) is 0 Å². The lowest BCUT2D eigenvalue weighted by Gasteiger charge is -2.41. The molecule has 2 nitrogen and oxygen atoms in total. The third kappa shape index (κ3) is 5.46. The first-order valence-electron chi connectivity index (χ1n) is 17.8. The van der Waals surface area contributed by atoms with Crippen molar-refractivity contribution in [2.45, 2.75) is 12.3 Å². The van der Waals surface area contributed by atoms with E-state index in [9.17, 15) is 0 Å². The molecule has 0 saturated heterocycles. The summed E-state index contributed by atoms with van der Waals surface area (Å²) in [4.78, 5) is 2.33. The highest BCUT2D eigenvalue weighted by molar-refractivity contribution is 5.81. The smallest absolute Gasteiger partial charge is 0.132 e. The van der Waals surface area contributed by atoms with Gasteiger partial charge in [-0.25, -0.2) is 0 Å². The van der Waals surface area contributed by atoms with Crippen LogP contribution in [0, 0.1) is 6.92 Å². The molecular weight excluding hydrogens is 631 g/mol. The quantitative estimate of drug-likeness (QED) is 0.168. The number of para-hydroxylation sites is 1. The molecule has 0 aliphatic carbocycles. The van der Waals surface area contributed by atoms with Crippen LogP contribution in [0.15, 0.2) is 206 Å². The van der Waals surface area contributed by atoms with Crippen molar-refractivity contribution in [3.8, 4) is 33.8 Å². The second-order valence-corrected chi connectivity index (χ2v) is 13.4. The van der Waals surface area contributed by atoms with E-state index in [1.807, 2.05) is 0 Å². The number of nitrogens with zero attached hydrogens (tertiary/aromatic N) is 1. The van der Waals surface area contributed by atoms with Gasteiger partial charge in [0.05, 0.1) is 5.41 Å². The Bertz CT molecular complexity index is 2430. The minimum Gasteiger partial charge on any atom is -0.457 e. The first-order chi connectivity index (χ1) is 25.7. The minimum absolute atomic E-state index is 0.559. The summed E-state index contributed by atoms with van der Waals surface area (Å²) in [6, 6.07) is 73.8. The van der Waals surface area contributed by atoms with Crippen LogP contribution in [0.1, 0.15) is 27.8 Å². The molecular formula is C50H37NO. The Balaban J connectivity index is 1.15. The van der Waals surface area contributed by atoms with Crippen molar-refractivity contribution >= 4 is 17.1 Å². The lowest BCUT2D eigenvalue weighted by atomic mass is 9.63. The van der Waals surface area contributed by atoms with Gasteiger partial charge in [-0.2, -0.15) is 0 Å². The summed E-state index contributed by atoms with van der Waals surface area (Å²) in [6.07, 6.45) is 0. The van der Waals surface area contributed by atoms with E-state index in [0.717, 1.165) is 50.8 Å². The SMILES string of the molecule is Cc1cccc(N(c2ccc(-c3ccccc3)cc2)c2ccc(-c3ccc4c(c3)C(c3ccccc3)(c3ccccc3)c3ccccc3O4)cc2)c1. The number of rotatable bonds is 7. The molecule has 8 aromatic rings. The van der Waals surface area contributed by atoms with Gasteiger partial charge in [0.15, 0.2) is 0 Å². The van der Waals surface area contributed by atoms with Crippen LogP contribution in [0.25, 0.3) is 22.3 Å². The molecule has 248 valence electrons. The Morgan fingerprint density at radius 3 is 1.48 bits per heavy atom. The van der Waals surface area contributed by atoms with Gasteiger partial charge in [-0.15, -0.1) is 0 Å². The maximum atomic E-state index is 6.65. The van der Waals surface area contributed by atoms with Crippen molar-refractivity contribution in [2.75, 3.05) is 4.90 Å². The van der Waals surface area contributed by atoms with Crippen LogP contribution in [0.2, 0.25) is 0 Å². The highest BCUT2D eigenvalue weighted by Gasteiger charge is 2.45. The van der Waals surface area contributed by atoms with Crippen molar-refractivity contribution in [3.63, 3.8) is 0 Å². The zero-order valence-corrected chi connectivity index (χ0v) is 29.0. The molecule has 0 radical (unpaired) electrons. The second-order valence-electron chi connectivity index (χ2n) is 13.4. The Kier molecular flexibility index (Phi) is 7.98. The predicted octanol–water partition coefficient (Wildman–Crippen LogP) is 13.3. The van der Waals surface area contributed by atoms with E-state index in [4.69, 9.17) is 4.74 Å². The van der Waals surface area contributed by atoms with Crippen LogP contribution in [-0.2, 0) is 5.41 Å². The summed E-state index contributed by atoms with van der Waals surface area (Å²) in [5.41, 5.74) is 13.4. The van der Waals surface area contributed by atoms with E-state index in [0.29, 0.717) is 0 Å². The zero-order valence-electron chi connectivity index (χ0n) is 29.0. The largest absolute Gasteiger partial charge is 0.457 e. The monoisotopic (exact) mass is 667 g/mol. The number of hydrogen-bond donors (Lipinski definition) is 0. The van der Waals surface area contributed by atoms with Crippen LogP contribution in [0.4, 0.5) is 17.1 Å². The summed E-state index contributed by atoms with van der Waals surface area (Å²) < 4.78 is 6.65. The van der Waals surface area contributed by atoms with Crippen LogP contribution in [-0.4, -0.2) is 0 Å². The van der Waals surface area contributed by atoms with Gasteiger partial charge in [-0.1, -0.05) is 152 Å². The Labute approximate surface area is 305 Å². The summed E-state index contributed by atoms with van der Waals surface area (Å²) in [7, 11) is 0. The standard InChI is InChI=1S/C50H37NO/c1-36-14-13-21-45(34-36)51(43-29-24-38(25-30-43)37-15-5-2-6-16-37)44-31-26-39(27-32-44)40-28-33-49-47(35-40)50(41-17-7-3-8-18-41,42-19-9-4-10-20-42)46-22-11-12-23-48(46)52-49/h2-35H,1H3. The van der Waals surface area contributed by atoms with Crippen molar-refractivity contribution in [3.05, 3.63) is 234 Å². The minimum atomic E-state index is -0.559. The maximum Gasteiger partial charge on any atom is 0.132 e. The molecule has 8 aromatic carbocycles. The molecule has 0 amide bonds. The maximum absolute atomic E-state index is 6.65. The van der Waals surface area contributed by atoms with E-state index in [-0.39, 0.29) is 0 Å².